The number of para-hydroxylation sites is 1. The molecule has 4 heteroatoms. The molecule has 0 fully saturated rings. The van der Waals surface area contributed by atoms with Crippen molar-refractivity contribution in [3.63, 3.8) is 0 Å². The smallest absolute Gasteiger partial charge is 0.213 e. The van der Waals surface area contributed by atoms with Crippen LogP contribution in [0.5, 0.6) is 5.75 Å². The van der Waals surface area contributed by atoms with Gasteiger partial charge in [0.15, 0.2) is 0 Å². The molecule has 0 aliphatic heterocycles. The van der Waals surface area contributed by atoms with Crippen molar-refractivity contribution in [3.05, 3.63) is 57.3 Å². The summed E-state index contributed by atoms with van der Waals surface area (Å²) in [5.41, 5.74) is 1.72. The summed E-state index contributed by atoms with van der Waals surface area (Å²) in [7, 11) is 1.56. The molecule has 3 nitrogen and oxygen atoms in total. The van der Waals surface area contributed by atoms with Crippen LogP contribution in [0.1, 0.15) is 20.8 Å². The van der Waals surface area contributed by atoms with Gasteiger partial charge in [-0.2, -0.15) is 5.26 Å². The topological polar surface area (TPSA) is 50.1 Å². The molecule has 0 N–H and O–H groups in total. The minimum absolute atomic E-state index is 0.111. The molecule has 0 saturated heterocycles. The fourth-order valence-corrected chi connectivity index (χ4v) is 2.70. The van der Waals surface area contributed by atoms with E-state index in [-0.39, 0.29) is 11.4 Å². The molecular weight excluding hydrogens is 270 g/mol. The molecule has 1 heterocycles. The number of methoxy groups -OCH3 is 1. The first-order chi connectivity index (χ1) is 9.67. The number of Topliss-reactive ketones (excluding diaryl/α,β-unsaturated/α-hetero) is 1. The molecule has 0 atom stereocenters. The Morgan fingerprint density at radius 1 is 1.35 bits per heavy atom. The highest BCUT2D eigenvalue weighted by atomic mass is 32.1. The summed E-state index contributed by atoms with van der Waals surface area (Å²) in [6.07, 6.45) is 1.57. The standard InChI is InChI=1S/C16H13NO2S/c1-11-7-8-20-16(11)15(18)13(10-17)9-12-5-3-4-6-14(12)19-2/h3-9H,1-2H3/b13-9+. The van der Waals surface area contributed by atoms with Crippen LogP contribution in [-0.4, -0.2) is 12.9 Å². The second-order valence-corrected chi connectivity index (χ2v) is 5.09. The number of aryl methyl sites for hydroxylation is 1. The third kappa shape index (κ3) is 2.79. The van der Waals surface area contributed by atoms with Crippen molar-refractivity contribution in [1.82, 2.24) is 0 Å². The summed E-state index contributed by atoms with van der Waals surface area (Å²) in [6.45, 7) is 1.86. The molecule has 2 rings (SSSR count). The zero-order chi connectivity index (χ0) is 14.5. The normalized spacial score (nSPS) is 10.9. The SMILES string of the molecule is COc1ccccc1/C=C(\C#N)C(=O)c1sccc1C. The number of benzene rings is 1. The molecule has 0 radical (unpaired) electrons. The Balaban J connectivity index is 2.43. The molecule has 0 amide bonds. The predicted molar refractivity (Wildman–Crippen MR) is 80.0 cm³/mol. The van der Waals surface area contributed by atoms with E-state index in [1.165, 1.54) is 11.3 Å². The maximum atomic E-state index is 12.3. The number of carbonyl (C=O) groups is 1. The lowest BCUT2D eigenvalue weighted by molar-refractivity contribution is 0.104. The number of ether oxygens (including phenoxy) is 1. The summed E-state index contributed by atoms with van der Waals surface area (Å²) in [5, 5.41) is 11.1. The van der Waals surface area contributed by atoms with Gasteiger partial charge in [-0.15, -0.1) is 11.3 Å². The van der Waals surface area contributed by atoms with Gasteiger partial charge in [-0.3, -0.25) is 4.79 Å². The van der Waals surface area contributed by atoms with E-state index in [1.807, 2.05) is 42.6 Å². The number of rotatable bonds is 4. The predicted octanol–water partition coefficient (Wildman–Crippen LogP) is 3.86. The quantitative estimate of drug-likeness (QED) is 0.486. The van der Waals surface area contributed by atoms with Crippen molar-refractivity contribution in [2.24, 2.45) is 0 Å². The van der Waals surface area contributed by atoms with Gasteiger partial charge in [0.1, 0.15) is 17.4 Å². The van der Waals surface area contributed by atoms with E-state index < -0.39 is 0 Å². The van der Waals surface area contributed by atoms with Crippen molar-refractivity contribution in [3.8, 4) is 11.8 Å². The van der Waals surface area contributed by atoms with E-state index in [4.69, 9.17) is 4.74 Å². The number of nitriles is 1. The first-order valence-corrected chi connectivity index (χ1v) is 6.89. The second-order valence-electron chi connectivity index (χ2n) is 4.17. The van der Waals surface area contributed by atoms with E-state index in [0.29, 0.717) is 16.2 Å². The van der Waals surface area contributed by atoms with Crippen molar-refractivity contribution < 1.29 is 9.53 Å². The highest BCUT2D eigenvalue weighted by Crippen LogP contribution is 2.24. The average molecular weight is 283 g/mol. The van der Waals surface area contributed by atoms with Gasteiger partial charge < -0.3 is 4.74 Å². The molecule has 0 aliphatic rings. The first-order valence-electron chi connectivity index (χ1n) is 6.01. The van der Waals surface area contributed by atoms with E-state index in [2.05, 4.69) is 0 Å². The molecule has 0 unspecified atom stereocenters. The van der Waals surface area contributed by atoms with Crippen LogP contribution >= 0.6 is 11.3 Å². The summed E-state index contributed by atoms with van der Waals surface area (Å²) in [6, 6.07) is 11.1. The fraction of sp³-hybridized carbons (Fsp3) is 0.125. The summed E-state index contributed by atoms with van der Waals surface area (Å²) < 4.78 is 5.22. The van der Waals surface area contributed by atoms with Gasteiger partial charge in [0, 0.05) is 5.56 Å². The van der Waals surface area contributed by atoms with E-state index in [0.717, 1.165) is 5.56 Å². The highest BCUT2D eigenvalue weighted by Gasteiger charge is 2.16. The summed E-state index contributed by atoms with van der Waals surface area (Å²) >= 11 is 1.35. The maximum Gasteiger partial charge on any atom is 0.213 e. The molecule has 1 aromatic heterocycles. The van der Waals surface area contributed by atoms with Crippen LogP contribution in [0.4, 0.5) is 0 Å². The van der Waals surface area contributed by atoms with Gasteiger partial charge in [-0.1, -0.05) is 18.2 Å². The second kappa shape index (κ2) is 6.18. The van der Waals surface area contributed by atoms with Gasteiger partial charge in [-0.25, -0.2) is 0 Å². The van der Waals surface area contributed by atoms with Crippen molar-refractivity contribution in [1.29, 1.82) is 5.26 Å². The monoisotopic (exact) mass is 283 g/mol. The minimum atomic E-state index is -0.245. The van der Waals surface area contributed by atoms with Crippen LogP contribution < -0.4 is 4.74 Å². The number of nitrogens with zero attached hydrogens (tertiary/aromatic N) is 1. The van der Waals surface area contributed by atoms with Crippen LogP contribution in [0.2, 0.25) is 0 Å². The summed E-state index contributed by atoms with van der Waals surface area (Å²) in [4.78, 5) is 12.9. The largest absolute Gasteiger partial charge is 0.496 e. The van der Waals surface area contributed by atoms with Crippen LogP contribution in [0.25, 0.3) is 6.08 Å². The molecule has 20 heavy (non-hydrogen) atoms. The number of carbonyl (C=O) groups excluding carboxylic acids is 1. The molecule has 2 aromatic rings. The van der Waals surface area contributed by atoms with Gasteiger partial charge in [0.25, 0.3) is 0 Å². The minimum Gasteiger partial charge on any atom is -0.496 e. The lowest BCUT2D eigenvalue weighted by Crippen LogP contribution is -2.01. The van der Waals surface area contributed by atoms with Gasteiger partial charge >= 0.3 is 0 Å². The van der Waals surface area contributed by atoms with Gasteiger partial charge in [0.05, 0.1) is 12.0 Å². The molecule has 1 aromatic carbocycles. The Kier molecular flexibility index (Phi) is 4.34. The van der Waals surface area contributed by atoms with E-state index in [1.54, 1.807) is 19.3 Å². The van der Waals surface area contributed by atoms with Crippen LogP contribution in [0.15, 0.2) is 41.3 Å². The molecule has 0 saturated carbocycles. The highest BCUT2D eigenvalue weighted by molar-refractivity contribution is 7.12. The number of allylic oxidation sites excluding steroid dienone is 1. The summed E-state index contributed by atoms with van der Waals surface area (Å²) in [5.74, 6) is 0.391. The van der Waals surface area contributed by atoms with Crippen LogP contribution in [0, 0.1) is 18.3 Å². The Bertz CT molecular complexity index is 707. The maximum absolute atomic E-state index is 12.3. The Hall–Kier alpha value is -2.38. The zero-order valence-electron chi connectivity index (χ0n) is 11.2. The Labute approximate surface area is 121 Å². The lowest BCUT2D eigenvalue weighted by atomic mass is 10.0. The lowest BCUT2D eigenvalue weighted by Gasteiger charge is -2.04. The van der Waals surface area contributed by atoms with E-state index >= 15 is 0 Å². The third-order valence-electron chi connectivity index (χ3n) is 2.87. The number of ketones is 1. The number of hydrogen-bond acceptors (Lipinski definition) is 4. The molecular formula is C16H13NO2S. The fourth-order valence-electron chi connectivity index (χ4n) is 1.82. The number of hydrogen-bond donors (Lipinski definition) is 0. The van der Waals surface area contributed by atoms with Crippen LogP contribution in [0.3, 0.4) is 0 Å². The van der Waals surface area contributed by atoms with E-state index in [9.17, 15) is 10.1 Å². The number of thiophene rings is 1. The van der Waals surface area contributed by atoms with Crippen molar-refractivity contribution in [2.75, 3.05) is 7.11 Å². The zero-order valence-corrected chi connectivity index (χ0v) is 12.0. The first kappa shape index (κ1) is 14.0. The molecule has 0 aliphatic carbocycles. The third-order valence-corrected chi connectivity index (χ3v) is 3.89. The van der Waals surface area contributed by atoms with Crippen molar-refractivity contribution >= 4 is 23.2 Å². The van der Waals surface area contributed by atoms with Crippen molar-refractivity contribution in [2.45, 2.75) is 6.92 Å². The Morgan fingerprint density at radius 3 is 2.70 bits per heavy atom. The average Bonchev–Trinajstić information content (AvgIpc) is 2.90. The van der Waals surface area contributed by atoms with Crippen LogP contribution in [-0.2, 0) is 0 Å². The Morgan fingerprint density at radius 2 is 2.10 bits per heavy atom. The van der Waals surface area contributed by atoms with Gasteiger partial charge in [0.2, 0.25) is 5.78 Å². The molecule has 0 bridgehead atoms. The van der Waals surface area contributed by atoms with Gasteiger partial charge in [-0.05, 0) is 36.1 Å². The molecule has 0 spiro atoms. The molecule has 100 valence electrons.